The number of benzene rings is 2. The molecule has 0 aliphatic carbocycles. The number of halogens is 3. The van der Waals surface area contributed by atoms with Crippen LogP contribution < -0.4 is 4.72 Å². The second kappa shape index (κ2) is 12.8. The van der Waals surface area contributed by atoms with E-state index in [1.54, 1.807) is 31.2 Å². The molecule has 14 nitrogen and oxygen atoms in total. The maximum atomic E-state index is 13.5. The van der Waals surface area contributed by atoms with E-state index >= 15 is 0 Å². The van der Waals surface area contributed by atoms with Crippen LogP contribution in [-0.2, 0) is 35.3 Å². The van der Waals surface area contributed by atoms with Crippen molar-refractivity contribution >= 4 is 22.1 Å². The van der Waals surface area contributed by atoms with E-state index in [0.29, 0.717) is 5.56 Å². The van der Waals surface area contributed by atoms with Gasteiger partial charge in [-0.2, -0.15) is 18.3 Å². The van der Waals surface area contributed by atoms with Crippen molar-refractivity contribution in [2.75, 3.05) is 13.2 Å². The molecule has 44 heavy (non-hydrogen) atoms. The Kier molecular flexibility index (Phi) is 9.31. The highest BCUT2D eigenvalue weighted by molar-refractivity contribution is 7.90. The number of nitrogens with zero attached hydrogens (tertiary/aromatic N) is 5. The zero-order valence-corrected chi connectivity index (χ0v) is 24.3. The van der Waals surface area contributed by atoms with Gasteiger partial charge in [-0.1, -0.05) is 29.8 Å². The van der Waals surface area contributed by atoms with Gasteiger partial charge in [0.05, 0.1) is 34.4 Å². The number of amides is 1. The molecule has 1 aliphatic heterocycles. The first kappa shape index (κ1) is 32.1. The molecular formula is C26H27F3N6O8S. The van der Waals surface area contributed by atoms with Crippen molar-refractivity contribution in [1.29, 1.82) is 0 Å². The SMILES string of the molecule is CCOC(=O)OC(C)O/N=[N+](/[O-])N1CC[C@H]1C(=O)NS(=O)(=O)c1ccc(-n2nc(C(F)(F)F)cc2-c2ccc(C)cc2)cc1. The van der Waals surface area contributed by atoms with Gasteiger partial charge in [-0.05, 0) is 44.2 Å². The summed E-state index contributed by atoms with van der Waals surface area (Å²) in [4.78, 5) is 28.3. The number of hydrazine groups is 1. The third-order valence-electron chi connectivity index (χ3n) is 6.28. The highest BCUT2D eigenvalue weighted by atomic mass is 32.2. The van der Waals surface area contributed by atoms with Gasteiger partial charge in [-0.3, -0.25) is 9.63 Å². The fourth-order valence-corrected chi connectivity index (χ4v) is 4.99. The van der Waals surface area contributed by atoms with Crippen LogP contribution in [0, 0.1) is 12.1 Å². The number of hydrogen-bond donors (Lipinski definition) is 1. The lowest BCUT2D eigenvalue weighted by Gasteiger charge is -2.33. The van der Waals surface area contributed by atoms with Crippen LogP contribution in [-0.4, -0.2) is 65.7 Å². The summed E-state index contributed by atoms with van der Waals surface area (Å²) >= 11 is 0. The number of hydrogen-bond acceptors (Lipinski definition) is 10. The number of carbonyl (C=O) groups excluding carboxylic acids is 2. The van der Waals surface area contributed by atoms with Crippen LogP contribution in [0.5, 0.6) is 0 Å². The van der Waals surface area contributed by atoms with E-state index in [4.69, 9.17) is 4.84 Å². The minimum absolute atomic E-state index is 0.0450. The van der Waals surface area contributed by atoms with E-state index in [2.05, 4.69) is 19.8 Å². The van der Waals surface area contributed by atoms with Gasteiger partial charge < -0.3 is 14.7 Å². The third kappa shape index (κ3) is 7.36. The predicted molar refractivity (Wildman–Crippen MR) is 144 cm³/mol. The summed E-state index contributed by atoms with van der Waals surface area (Å²) in [7, 11) is -4.45. The van der Waals surface area contributed by atoms with E-state index < -0.39 is 46.3 Å². The van der Waals surface area contributed by atoms with Crippen molar-refractivity contribution < 1.29 is 50.5 Å². The minimum Gasteiger partial charge on any atom is -0.569 e. The van der Waals surface area contributed by atoms with Gasteiger partial charge in [-0.25, -0.2) is 22.6 Å². The normalized spacial score (nSPS) is 16.1. The highest BCUT2D eigenvalue weighted by Gasteiger charge is 2.42. The molecule has 2 aromatic carbocycles. The summed E-state index contributed by atoms with van der Waals surface area (Å²) in [5.74, 6) is -1.03. The molecule has 2 heterocycles. The monoisotopic (exact) mass is 640 g/mol. The van der Waals surface area contributed by atoms with Crippen molar-refractivity contribution in [3.8, 4) is 16.9 Å². The topological polar surface area (TPSA) is 167 Å². The first-order valence-corrected chi connectivity index (χ1v) is 14.5. The van der Waals surface area contributed by atoms with Gasteiger partial charge in [0.15, 0.2) is 11.7 Å². The van der Waals surface area contributed by atoms with Crippen LogP contribution in [0.2, 0.25) is 0 Å². The molecular weight excluding hydrogens is 613 g/mol. The molecule has 1 aromatic heterocycles. The number of carbonyl (C=O) groups is 2. The van der Waals surface area contributed by atoms with Gasteiger partial charge in [0, 0.05) is 18.9 Å². The molecule has 2 atom stereocenters. The summed E-state index contributed by atoms with van der Waals surface area (Å²) < 4.78 is 78.4. The number of rotatable bonds is 10. The van der Waals surface area contributed by atoms with Crippen LogP contribution in [0.3, 0.4) is 0 Å². The third-order valence-corrected chi connectivity index (χ3v) is 7.64. The number of alkyl halides is 3. The molecule has 3 aromatic rings. The van der Waals surface area contributed by atoms with E-state index in [-0.39, 0.29) is 40.8 Å². The molecule has 1 fully saturated rings. The summed E-state index contributed by atoms with van der Waals surface area (Å²) in [5.41, 5.74) is 0.491. The smallest absolute Gasteiger partial charge is 0.511 e. The molecule has 1 aliphatic rings. The Morgan fingerprint density at radius 1 is 1.18 bits per heavy atom. The van der Waals surface area contributed by atoms with Crippen molar-refractivity contribution in [3.63, 3.8) is 0 Å². The maximum Gasteiger partial charge on any atom is 0.511 e. The first-order chi connectivity index (χ1) is 20.7. The highest BCUT2D eigenvalue weighted by Crippen LogP contribution is 2.33. The predicted octanol–water partition coefficient (Wildman–Crippen LogP) is 4.07. The lowest BCUT2D eigenvalue weighted by Crippen LogP contribution is -2.59. The van der Waals surface area contributed by atoms with Gasteiger partial charge in [-0.15, -0.1) is 5.01 Å². The van der Waals surface area contributed by atoms with Crippen LogP contribution >= 0.6 is 0 Å². The lowest BCUT2D eigenvalue weighted by molar-refractivity contribution is -0.730. The number of aryl methyl sites for hydroxylation is 1. The van der Waals surface area contributed by atoms with Crippen LogP contribution in [0.1, 0.15) is 31.5 Å². The molecule has 0 radical (unpaired) electrons. The molecule has 4 rings (SSSR count). The Morgan fingerprint density at radius 3 is 2.41 bits per heavy atom. The van der Waals surface area contributed by atoms with Gasteiger partial charge in [0.1, 0.15) is 0 Å². The van der Waals surface area contributed by atoms with Crippen molar-refractivity contribution in [2.24, 2.45) is 5.28 Å². The molecule has 0 saturated carbocycles. The largest absolute Gasteiger partial charge is 0.569 e. The Bertz CT molecular complexity index is 1640. The van der Waals surface area contributed by atoms with Crippen molar-refractivity contribution in [2.45, 2.75) is 50.6 Å². The van der Waals surface area contributed by atoms with E-state index in [1.165, 1.54) is 19.1 Å². The molecule has 236 valence electrons. The zero-order valence-electron chi connectivity index (χ0n) is 23.5. The van der Waals surface area contributed by atoms with Crippen LogP contribution in [0.15, 0.2) is 64.8 Å². The Labute approximate surface area is 249 Å². The van der Waals surface area contributed by atoms with E-state index in [9.17, 15) is 36.4 Å². The Balaban J connectivity index is 1.46. The van der Waals surface area contributed by atoms with Crippen LogP contribution in [0.25, 0.3) is 16.9 Å². The molecule has 0 spiro atoms. The van der Waals surface area contributed by atoms with Gasteiger partial charge >= 0.3 is 12.3 Å². The number of ether oxygens (including phenoxy) is 2. The molecule has 18 heteroatoms. The summed E-state index contributed by atoms with van der Waals surface area (Å²) in [6.45, 7) is 4.74. The average Bonchev–Trinajstić information content (AvgIpc) is 3.38. The number of nitrogens with one attached hydrogen (secondary N) is 1. The lowest BCUT2D eigenvalue weighted by atomic mass is 10.1. The second-order valence-electron chi connectivity index (χ2n) is 9.43. The van der Waals surface area contributed by atoms with Crippen molar-refractivity contribution in [1.82, 2.24) is 19.5 Å². The van der Waals surface area contributed by atoms with E-state index in [0.717, 1.165) is 33.5 Å². The molecule has 0 bridgehead atoms. The van der Waals surface area contributed by atoms with E-state index in [1.807, 2.05) is 11.6 Å². The standard InChI is InChI=1S/C26H27F3N6O8S/c1-4-41-25(37)42-17(3)43-32-35(38)33-14-13-21(33)24(36)31-44(39,40)20-11-9-19(10-12-20)34-22(15-23(30-34)26(27,28)29)18-7-5-16(2)6-8-18/h5-12,15,17,21H,4,13-14H2,1-3H3,(H,31,36)/b35-32+/t17?,21-/m0/s1. The molecule has 1 unspecified atom stereocenters. The maximum absolute atomic E-state index is 13.5. The summed E-state index contributed by atoms with van der Waals surface area (Å²) in [6, 6.07) is 11.1. The first-order valence-electron chi connectivity index (χ1n) is 13.0. The summed E-state index contributed by atoms with van der Waals surface area (Å²) in [5, 5.41) is 20.0. The quantitative estimate of drug-likeness (QED) is 0.112. The fraction of sp³-hybridized carbons (Fsp3) is 0.346. The number of sulfonamides is 1. The minimum atomic E-state index is -4.72. The molecule has 1 amide bonds. The zero-order chi connectivity index (χ0) is 32.2. The Hall–Kier alpha value is -4.87. The van der Waals surface area contributed by atoms with Gasteiger partial charge in [0.2, 0.25) is 5.28 Å². The molecule has 1 saturated heterocycles. The Morgan fingerprint density at radius 2 is 1.84 bits per heavy atom. The summed E-state index contributed by atoms with van der Waals surface area (Å²) in [6.07, 6.45) is -6.94. The average molecular weight is 641 g/mol. The number of aromatic nitrogens is 2. The fourth-order valence-electron chi connectivity index (χ4n) is 3.98. The van der Waals surface area contributed by atoms with Gasteiger partial charge in [0.25, 0.3) is 22.2 Å². The molecule has 1 N–H and O–H groups in total. The van der Waals surface area contributed by atoms with Crippen molar-refractivity contribution in [3.05, 3.63) is 71.1 Å². The van der Waals surface area contributed by atoms with Crippen LogP contribution in [0.4, 0.5) is 18.0 Å². The second-order valence-corrected chi connectivity index (χ2v) is 11.1.